The van der Waals surface area contributed by atoms with Crippen molar-refractivity contribution < 1.29 is 9.84 Å². The van der Waals surface area contributed by atoms with E-state index in [1.54, 1.807) is 0 Å². The van der Waals surface area contributed by atoms with Crippen LogP contribution in [-0.2, 0) is 0 Å². The number of para-hydroxylation sites is 1. The van der Waals surface area contributed by atoms with E-state index in [9.17, 15) is 0 Å². The van der Waals surface area contributed by atoms with Gasteiger partial charge in [-0.3, -0.25) is 0 Å². The van der Waals surface area contributed by atoms with E-state index in [1.165, 1.54) is 0 Å². The zero-order chi connectivity index (χ0) is 11.7. The van der Waals surface area contributed by atoms with Gasteiger partial charge in [-0.1, -0.05) is 12.1 Å². The quantitative estimate of drug-likeness (QED) is 0.828. The maximum Gasteiger partial charge on any atom is 0.146 e. The first-order valence-corrected chi connectivity index (χ1v) is 5.75. The summed E-state index contributed by atoms with van der Waals surface area (Å²) in [5.74, 6) is 0.960. The van der Waals surface area contributed by atoms with Crippen molar-refractivity contribution in [2.45, 2.75) is 32.4 Å². The molecular formula is C13H19NO2. The van der Waals surface area contributed by atoms with Crippen molar-refractivity contribution >= 4 is 5.69 Å². The number of benzene rings is 1. The zero-order valence-corrected chi connectivity index (χ0v) is 10.1. The third-order valence-corrected chi connectivity index (χ3v) is 3.40. The van der Waals surface area contributed by atoms with Gasteiger partial charge in [0.25, 0.3) is 0 Å². The third kappa shape index (κ3) is 1.76. The average Bonchev–Trinajstić information content (AvgIpc) is 2.27. The second-order valence-electron chi connectivity index (χ2n) is 4.44. The Kier molecular flexibility index (Phi) is 3.06. The van der Waals surface area contributed by atoms with Gasteiger partial charge in [0.1, 0.15) is 11.9 Å². The van der Waals surface area contributed by atoms with E-state index >= 15 is 0 Å². The molecule has 2 unspecified atom stereocenters. The summed E-state index contributed by atoms with van der Waals surface area (Å²) in [6, 6.07) is 6.47. The lowest BCUT2D eigenvalue weighted by molar-refractivity contribution is 0.123. The smallest absolute Gasteiger partial charge is 0.146 e. The van der Waals surface area contributed by atoms with Crippen LogP contribution < -0.4 is 9.64 Å². The highest BCUT2D eigenvalue weighted by molar-refractivity contribution is 5.63. The van der Waals surface area contributed by atoms with Gasteiger partial charge in [0.2, 0.25) is 0 Å². The number of anilines is 1. The number of ether oxygens (including phenoxy) is 1. The molecule has 1 aromatic carbocycles. The summed E-state index contributed by atoms with van der Waals surface area (Å²) in [4.78, 5) is 2.23. The normalized spacial score (nSPS) is 23.9. The van der Waals surface area contributed by atoms with Gasteiger partial charge in [-0.25, -0.2) is 0 Å². The lowest BCUT2D eigenvalue weighted by atomic mass is 10.0. The molecule has 0 spiro atoms. The molecule has 1 aliphatic rings. The molecule has 88 valence electrons. The fraction of sp³-hybridized carbons (Fsp3) is 0.538. The Balaban J connectivity index is 2.36. The molecule has 2 rings (SSSR count). The van der Waals surface area contributed by atoms with E-state index in [0.717, 1.165) is 17.0 Å². The fourth-order valence-electron chi connectivity index (χ4n) is 2.21. The van der Waals surface area contributed by atoms with Crippen LogP contribution in [0.1, 0.15) is 18.9 Å². The zero-order valence-electron chi connectivity index (χ0n) is 10.1. The number of aliphatic hydroxyl groups excluding tert-OH is 1. The number of nitrogens with zero attached hydrogens (tertiary/aromatic N) is 1. The summed E-state index contributed by atoms with van der Waals surface area (Å²) in [5.41, 5.74) is 2.29. The van der Waals surface area contributed by atoms with Crippen LogP contribution in [0, 0.1) is 6.92 Å². The minimum Gasteiger partial charge on any atom is -0.486 e. The van der Waals surface area contributed by atoms with E-state index in [0.29, 0.717) is 12.5 Å². The summed E-state index contributed by atoms with van der Waals surface area (Å²) < 4.78 is 5.98. The molecule has 3 nitrogen and oxygen atoms in total. The minimum absolute atomic E-state index is 0.0728. The molecule has 0 fully saturated rings. The molecule has 0 aliphatic carbocycles. The summed E-state index contributed by atoms with van der Waals surface area (Å²) in [7, 11) is 2.08. The number of aliphatic hydroxyl groups is 1. The molecular weight excluding hydrogens is 202 g/mol. The first-order chi connectivity index (χ1) is 7.65. The number of rotatable bonds is 2. The van der Waals surface area contributed by atoms with Gasteiger partial charge in [0, 0.05) is 20.1 Å². The predicted molar refractivity (Wildman–Crippen MR) is 65.2 cm³/mol. The Morgan fingerprint density at radius 3 is 2.88 bits per heavy atom. The van der Waals surface area contributed by atoms with Crippen LogP contribution in [0.2, 0.25) is 0 Å². The van der Waals surface area contributed by atoms with Gasteiger partial charge >= 0.3 is 0 Å². The van der Waals surface area contributed by atoms with Crippen LogP contribution in [-0.4, -0.2) is 30.9 Å². The van der Waals surface area contributed by atoms with Crippen molar-refractivity contribution in [2.24, 2.45) is 0 Å². The van der Waals surface area contributed by atoms with Gasteiger partial charge in [-0.15, -0.1) is 0 Å². The van der Waals surface area contributed by atoms with Crippen molar-refractivity contribution in [1.29, 1.82) is 0 Å². The van der Waals surface area contributed by atoms with E-state index < -0.39 is 0 Å². The second-order valence-corrected chi connectivity index (χ2v) is 4.44. The topological polar surface area (TPSA) is 32.7 Å². The Labute approximate surface area is 96.6 Å². The molecule has 0 saturated heterocycles. The molecule has 0 saturated carbocycles. The first-order valence-electron chi connectivity index (χ1n) is 5.75. The van der Waals surface area contributed by atoms with Crippen LogP contribution >= 0.6 is 0 Å². The maximum atomic E-state index is 9.04. The molecule has 0 radical (unpaired) electrons. The molecule has 0 aromatic heterocycles. The van der Waals surface area contributed by atoms with Gasteiger partial charge < -0.3 is 14.7 Å². The highest BCUT2D eigenvalue weighted by atomic mass is 16.5. The molecule has 0 amide bonds. The van der Waals surface area contributed by atoms with E-state index in [-0.39, 0.29) is 12.7 Å². The summed E-state index contributed by atoms with van der Waals surface area (Å²) in [5, 5.41) is 9.04. The monoisotopic (exact) mass is 221 g/mol. The minimum atomic E-state index is 0.0728. The molecule has 1 aromatic rings. The highest BCUT2D eigenvalue weighted by Crippen LogP contribution is 2.38. The molecule has 0 bridgehead atoms. The summed E-state index contributed by atoms with van der Waals surface area (Å²) in [6.45, 7) is 4.36. The standard InChI is InChI=1S/C13H19NO2/c1-9-5-4-6-11-13(9)16-12(7-8-15)10(2)14(11)3/h4-6,10,12,15H,7-8H2,1-3H3. The predicted octanol–water partition coefficient (Wildman–Crippen LogP) is 1.96. The van der Waals surface area contributed by atoms with Crippen molar-refractivity contribution in [3.05, 3.63) is 23.8 Å². The van der Waals surface area contributed by atoms with E-state index in [2.05, 4.69) is 37.9 Å². The van der Waals surface area contributed by atoms with Gasteiger partial charge in [0.15, 0.2) is 0 Å². The summed E-state index contributed by atoms with van der Waals surface area (Å²) in [6.07, 6.45) is 0.753. The Morgan fingerprint density at radius 1 is 1.44 bits per heavy atom. The molecule has 3 heteroatoms. The van der Waals surface area contributed by atoms with Crippen molar-refractivity contribution in [3.63, 3.8) is 0 Å². The van der Waals surface area contributed by atoms with Crippen molar-refractivity contribution in [1.82, 2.24) is 0 Å². The Morgan fingerprint density at radius 2 is 2.19 bits per heavy atom. The lowest BCUT2D eigenvalue weighted by Gasteiger charge is -2.40. The van der Waals surface area contributed by atoms with Crippen LogP contribution in [0.25, 0.3) is 0 Å². The van der Waals surface area contributed by atoms with Crippen LogP contribution in [0.15, 0.2) is 18.2 Å². The largest absolute Gasteiger partial charge is 0.486 e. The number of fused-ring (bicyclic) bond motifs is 1. The molecule has 1 aliphatic heterocycles. The fourth-order valence-corrected chi connectivity index (χ4v) is 2.21. The average molecular weight is 221 g/mol. The van der Waals surface area contributed by atoms with Crippen LogP contribution in [0.4, 0.5) is 5.69 Å². The summed E-state index contributed by atoms with van der Waals surface area (Å²) >= 11 is 0. The Bertz CT molecular complexity index is 378. The molecule has 2 atom stereocenters. The third-order valence-electron chi connectivity index (χ3n) is 3.40. The lowest BCUT2D eigenvalue weighted by Crippen LogP contribution is -2.46. The van der Waals surface area contributed by atoms with Crippen molar-refractivity contribution in [3.8, 4) is 5.75 Å². The number of aryl methyl sites for hydroxylation is 1. The number of hydrogen-bond donors (Lipinski definition) is 1. The van der Waals surface area contributed by atoms with E-state index in [1.807, 2.05) is 6.07 Å². The van der Waals surface area contributed by atoms with Crippen LogP contribution in [0.3, 0.4) is 0 Å². The van der Waals surface area contributed by atoms with Gasteiger partial charge in [-0.2, -0.15) is 0 Å². The second kappa shape index (κ2) is 4.34. The first kappa shape index (κ1) is 11.3. The number of hydrogen-bond acceptors (Lipinski definition) is 3. The maximum absolute atomic E-state index is 9.04. The van der Waals surface area contributed by atoms with E-state index in [4.69, 9.17) is 9.84 Å². The molecule has 1 heterocycles. The van der Waals surface area contributed by atoms with Gasteiger partial charge in [0.05, 0.1) is 11.7 Å². The molecule has 16 heavy (non-hydrogen) atoms. The highest BCUT2D eigenvalue weighted by Gasteiger charge is 2.30. The van der Waals surface area contributed by atoms with Gasteiger partial charge in [-0.05, 0) is 25.5 Å². The SMILES string of the molecule is Cc1cccc2c1OC(CCO)C(C)N2C. The molecule has 1 N–H and O–H groups in total. The van der Waals surface area contributed by atoms with Crippen molar-refractivity contribution in [2.75, 3.05) is 18.6 Å². The van der Waals surface area contributed by atoms with Crippen LogP contribution in [0.5, 0.6) is 5.75 Å². The Hall–Kier alpha value is -1.22. The number of likely N-dealkylation sites (N-methyl/N-ethyl adjacent to an activating group) is 1.